The first-order valence-corrected chi connectivity index (χ1v) is 10.7. The fourth-order valence-electron chi connectivity index (χ4n) is 3.59. The third-order valence-corrected chi connectivity index (χ3v) is 5.36. The van der Waals surface area contributed by atoms with Gasteiger partial charge in [0.25, 0.3) is 0 Å². The van der Waals surface area contributed by atoms with Gasteiger partial charge in [-0.1, -0.05) is 6.08 Å². The molecule has 1 aliphatic heterocycles. The molecule has 0 radical (unpaired) electrons. The van der Waals surface area contributed by atoms with Crippen LogP contribution in [0.1, 0.15) is 19.4 Å². The van der Waals surface area contributed by atoms with Crippen molar-refractivity contribution in [3.8, 4) is 23.0 Å². The molecule has 0 saturated heterocycles. The molecule has 0 bridgehead atoms. The molecular weight excluding hydrogens is 436 g/mol. The van der Waals surface area contributed by atoms with Crippen molar-refractivity contribution < 1.29 is 28.5 Å². The van der Waals surface area contributed by atoms with Gasteiger partial charge in [-0.25, -0.2) is 0 Å². The summed E-state index contributed by atoms with van der Waals surface area (Å²) in [6.45, 7) is 8.03. The van der Waals surface area contributed by atoms with Gasteiger partial charge in [0.2, 0.25) is 17.6 Å². The van der Waals surface area contributed by atoms with Gasteiger partial charge in [0.15, 0.2) is 11.5 Å². The number of amides is 2. The van der Waals surface area contributed by atoms with Gasteiger partial charge in [-0.2, -0.15) is 0 Å². The fourth-order valence-corrected chi connectivity index (χ4v) is 3.59. The zero-order valence-electron chi connectivity index (χ0n) is 20.1. The van der Waals surface area contributed by atoms with Crippen molar-refractivity contribution in [2.75, 3.05) is 44.7 Å². The summed E-state index contributed by atoms with van der Waals surface area (Å²) in [6.07, 6.45) is 4.70. The summed E-state index contributed by atoms with van der Waals surface area (Å²) in [4.78, 5) is 27.3. The Morgan fingerprint density at radius 3 is 2.41 bits per heavy atom. The van der Waals surface area contributed by atoms with Crippen LogP contribution in [0.25, 0.3) is 6.08 Å². The van der Waals surface area contributed by atoms with Crippen LogP contribution in [0.5, 0.6) is 23.0 Å². The van der Waals surface area contributed by atoms with Gasteiger partial charge in [-0.3, -0.25) is 9.59 Å². The number of benzene rings is 2. The van der Waals surface area contributed by atoms with E-state index in [9.17, 15) is 9.59 Å². The van der Waals surface area contributed by atoms with Gasteiger partial charge in [0.05, 0.1) is 32.4 Å². The van der Waals surface area contributed by atoms with Crippen LogP contribution in [0.3, 0.4) is 0 Å². The summed E-state index contributed by atoms with van der Waals surface area (Å²) in [5.74, 6) is 1.61. The Labute approximate surface area is 199 Å². The van der Waals surface area contributed by atoms with Crippen LogP contribution in [0.15, 0.2) is 49.1 Å². The lowest BCUT2D eigenvalue weighted by Crippen LogP contribution is -2.42. The zero-order valence-corrected chi connectivity index (χ0v) is 20.1. The Balaban J connectivity index is 1.83. The Morgan fingerprint density at radius 1 is 1.15 bits per heavy atom. The van der Waals surface area contributed by atoms with Crippen LogP contribution in [0, 0.1) is 5.41 Å². The molecule has 1 aliphatic rings. The second-order valence-electron chi connectivity index (χ2n) is 8.34. The second kappa shape index (κ2) is 10.3. The molecule has 8 heteroatoms. The smallest absolute Gasteiger partial charge is 0.248 e. The van der Waals surface area contributed by atoms with E-state index >= 15 is 0 Å². The van der Waals surface area contributed by atoms with Gasteiger partial charge in [-0.15, -0.1) is 6.58 Å². The van der Waals surface area contributed by atoms with Gasteiger partial charge in [0, 0.05) is 18.3 Å². The molecule has 8 nitrogen and oxygen atoms in total. The molecule has 2 amide bonds. The van der Waals surface area contributed by atoms with E-state index in [0.29, 0.717) is 46.5 Å². The average molecular weight is 467 g/mol. The quantitative estimate of drug-likeness (QED) is 0.461. The summed E-state index contributed by atoms with van der Waals surface area (Å²) in [6, 6.07) is 8.69. The highest BCUT2D eigenvalue weighted by atomic mass is 16.5. The lowest BCUT2D eigenvalue weighted by Gasteiger charge is -2.27. The van der Waals surface area contributed by atoms with E-state index in [0.717, 1.165) is 0 Å². The summed E-state index contributed by atoms with van der Waals surface area (Å²) in [5.41, 5.74) is 1.13. The van der Waals surface area contributed by atoms with E-state index < -0.39 is 5.41 Å². The topological polar surface area (TPSA) is 86.3 Å². The van der Waals surface area contributed by atoms with Crippen LogP contribution in [-0.4, -0.2) is 46.3 Å². The van der Waals surface area contributed by atoms with E-state index in [1.807, 2.05) is 13.8 Å². The first-order valence-electron chi connectivity index (χ1n) is 10.7. The van der Waals surface area contributed by atoms with E-state index in [1.54, 1.807) is 47.4 Å². The van der Waals surface area contributed by atoms with Crippen LogP contribution in [-0.2, 0) is 9.59 Å². The lowest BCUT2D eigenvalue weighted by atomic mass is 9.93. The summed E-state index contributed by atoms with van der Waals surface area (Å²) < 4.78 is 21.9. The predicted molar refractivity (Wildman–Crippen MR) is 132 cm³/mol. The van der Waals surface area contributed by atoms with Crippen molar-refractivity contribution in [1.82, 2.24) is 0 Å². The van der Waals surface area contributed by atoms with Gasteiger partial charge >= 0.3 is 0 Å². The molecule has 0 aromatic heterocycles. The third-order valence-electron chi connectivity index (χ3n) is 5.36. The Kier molecular flexibility index (Phi) is 7.50. The van der Waals surface area contributed by atoms with E-state index in [2.05, 4.69) is 11.9 Å². The van der Waals surface area contributed by atoms with Gasteiger partial charge in [-0.05, 0) is 55.8 Å². The molecule has 0 saturated carbocycles. The summed E-state index contributed by atoms with van der Waals surface area (Å²) >= 11 is 0. The number of nitrogens with one attached hydrogen (secondary N) is 1. The van der Waals surface area contributed by atoms with Crippen LogP contribution in [0.2, 0.25) is 0 Å². The fraction of sp³-hybridized carbons (Fsp3) is 0.308. The number of anilines is 2. The summed E-state index contributed by atoms with van der Waals surface area (Å²) in [7, 11) is 4.59. The molecule has 0 spiro atoms. The molecule has 0 fully saturated rings. The molecule has 2 aromatic carbocycles. The van der Waals surface area contributed by atoms with E-state index in [1.165, 1.54) is 27.4 Å². The standard InChI is InChI=1S/C26H30N2O6/c1-7-12-28-19-15-18(9-10-20(19)34-16-26(2,3)25(28)30)27-23(29)11-8-17-13-21(31-4)24(33-6)22(14-17)32-5/h7-11,13-15H,1,12,16H2,2-6H3,(H,27,29)/b11-8+. The van der Waals surface area contributed by atoms with Crippen molar-refractivity contribution in [2.24, 2.45) is 5.41 Å². The molecule has 0 atom stereocenters. The van der Waals surface area contributed by atoms with Crippen LogP contribution < -0.4 is 29.2 Å². The van der Waals surface area contributed by atoms with Gasteiger partial charge < -0.3 is 29.2 Å². The number of methoxy groups -OCH3 is 3. The molecule has 2 aromatic rings. The highest BCUT2D eigenvalue weighted by Gasteiger charge is 2.37. The molecular formula is C26H30N2O6. The molecule has 0 unspecified atom stereocenters. The zero-order chi connectivity index (χ0) is 24.9. The maximum atomic E-state index is 13.0. The van der Waals surface area contributed by atoms with Crippen molar-refractivity contribution in [3.63, 3.8) is 0 Å². The second-order valence-corrected chi connectivity index (χ2v) is 8.34. The minimum Gasteiger partial charge on any atom is -0.493 e. The third kappa shape index (κ3) is 5.17. The van der Waals surface area contributed by atoms with Crippen molar-refractivity contribution in [2.45, 2.75) is 13.8 Å². The number of rotatable bonds is 8. The molecule has 1 heterocycles. The highest BCUT2D eigenvalue weighted by Crippen LogP contribution is 2.39. The minimum atomic E-state index is -0.686. The Bertz CT molecular complexity index is 1100. The number of carbonyl (C=O) groups excluding carboxylic acids is 2. The molecule has 3 rings (SSSR count). The number of hydrogen-bond acceptors (Lipinski definition) is 6. The maximum Gasteiger partial charge on any atom is 0.248 e. The van der Waals surface area contributed by atoms with Crippen molar-refractivity contribution in [3.05, 3.63) is 54.6 Å². The minimum absolute atomic E-state index is 0.0723. The number of carbonyl (C=O) groups is 2. The first-order chi connectivity index (χ1) is 16.2. The van der Waals surface area contributed by atoms with Crippen molar-refractivity contribution >= 4 is 29.3 Å². The average Bonchev–Trinajstić information content (AvgIpc) is 2.92. The SMILES string of the molecule is C=CCN1C(=O)C(C)(C)COc2ccc(NC(=O)/C=C/c3cc(OC)c(OC)c(OC)c3)cc21. The highest BCUT2D eigenvalue weighted by molar-refractivity contribution is 6.04. The van der Waals surface area contributed by atoms with Crippen LogP contribution in [0.4, 0.5) is 11.4 Å². The van der Waals surface area contributed by atoms with E-state index in [-0.39, 0.29) is 18.4 Å². The van der Waals surface area contributed by atoms with Gasteiger partial charge in [0.1, 0.15) is 12.4 Å². The predicted octanol–water partition coefficient (Wildman–Crippen LogP) is 4.30. The molecule has 34 heavy (non-hydrogen) atoms. The Hall–Kier alpha value is -3.94. The monoisotopic (exact) mass is 466 g/mol. The first kappa shape index (κ1) is 24.7. The Morgan fingerprint density at radius 2 is 1.82 bits per heavy atom. The molecule has 1 N–H and O–H groups in total. The number of fused-ring (bicyclic) bond motifs is 1. The van der Waals surface area contributed by atoms with Crippen LogP contribution >= 0.6 is 0 Å². The maximum absolute atomic E-state index is 13.0. The summed E-state index contributed by atoms with van der Waals surface area (Å²) in [5, 5.41) is 2.83. The normalized spacial score (nSPS) is 14.6. The lowest BCUT2D eigenvalue weighted by molar-refractivity contribution is -0.127. The van der Waals surface area contributed by atoms with Crippen molar-refractivity contribution in [1.29, 1.82) is 0 Å². The molecule has 0 aliphatic carbocycles. The number of hydrogen-bond donors (Lipinski definition) is 1. The number of nitrogens with zero attached hydrogens (tertiary/aromatic N) is 1. The number of ether oxygens (including phenoxy) is 4. The largest absolute Gasteiger partial charge is 0.493 e. The molecule has 180 valence electrons. The van der Waals surface area contributed by atoms with E-state index in [4.69, 9.17) is 18.9 Å².